The molecule has 2 atom stereocenters. The van der Waals surface area contributed by atoms with E-state index < -0.39 is 22.8 Å². The van der Waals surface area contributed by atoms with Gasteiger partial charge in [-0.25, -0.2) is 9.59 Å². The van der Waals surface area contributed by atoms with Crippen molar-refractivity contribution in [3.8, 4) is 0 Å². The Balaban J connectivity index is 2.75. The highest BCUT2D eigenvalue weighted by molar-refractivity contribution is 5.89. The van der Waals surface area contributed by atoms with Crippen LogP contribution >= 0.6 is 0 Å². The number of amides is 1. The fourth-order valence-corrected chi connectivity index (χ4v) is 2.13. The summed E-state index contributed by atoms with van der Waals surface area (Å²) in [6.07, 6.45) is 0.853. The summed E-state index contributed by atoms with van der Waals surface area (Å²) in [6.45, 7) is 12.8. The summed E-state index contributed by atoms with van der Waals surface area (Å²) in [7, 11) is 0. The number of carbonyl (C=O) groups excluding carboxylic acids is 2. The maximum atomic E-state index is 12.3. The molecule has 1 aliphatic rings. The second-order valence-electron chi connectivity index (χ2n) is 7.41. The first kappa shape index (κ1) is 16.8. The van der Waals surface area contributed by atoms with Gasteiger partial charge in [0.15, 0.2) is 0 Å². The van der Waals surface area contributed by atoms with Crippen molar-refractivity contribution in [1.29, 1.82) is 0 Å². The van der Waals surface area contributed by atoms with E-state index in [4.69, 9.17) is 9.47 Å². The van der Waals surface area contributed by atoms with Gasteiger partial charge >= 0.3 is 12.1 Å². The number of alkyl carbamates (subject to hydrolysis) is 1. The lowest BCUT2D eigenvalue weighted by atomic mass is 10.1. The molecular weight excluding hydrogens is 258 g/mol. The minimum absolute atomic E-state index is 0.116. The van der Waals surface area contributed by atoms with Crippen LogP contribution in [0.25, 0.3) is 0 Å². The second-order valence-corrected chi connectivity index (χ2v) is 7.41. The standard InChI is InChI=1S/C15H27NO4/c1-8-10-9-15(10,11(17)19-13(2,3)4)16-12(18)20-14(5,6)7/h10H,8-9H2,1-7H3,(H,16,18)/t10-,15+/m0/s1. The van der Waals surface area contributed by atoms with Crippen molar-refractivity contribution < 1.29 is 19.1 Å². The molecule has 0 bridgehead atoms. The predicted molar refractivity (Wildman–Crippen MR) is 76.3 cm³/mol. The van der Waals surface area contributed by atoms with Gasteiger partial charge in [-0.05, 0) is 53.9 Å². The topological polar surface area (TPSA) is 64.6 Å². The van der Waals surface area contributed by atoms with Crippen molar-refractivity contribution in [2.75, 3.05) is 0 Å². The van der Waals surface area contributed by atoms with Gasteiger partial charge in [0.25, 0.3) is 0 Å². The molecular formula is C15H27NO4. The molecule has 0 aromatic carbocycles. The van der Waals surface area contributed by atoms with Crippen LogP contribution in [0.1, 0.15) is 61.3 Å². The lowest BCUT2D eigenvalue weighted by Gasteiger charge is -2.27. The average Bonchev–Trinajstić information content (AvgIpc) is 2.86. The second kappa shape index (κ2) is 5.26. The first-order chi connectivity index (χ1) is 8.89. The van der Waals surface area contributed by atoms with Crippen LogP contribution in [0.5, 0.6) is 0 Å². The lowest BCUT2D eigenvalue weighted by Crippen LogP contribution is -2.49. The van der Waals surface area contributed by atoms with Gasteiger partial charge in [-0.3, -0.25) is 0 Å². The quantitative estimate of drug-likeness (QED) is 0.809. The molecule has 0 saturated heterocycles. The van der Waals surface area contributed by atoms with Crippen LogP contribution in [0.4, 0.5) is 4.79 Å². The van der Waals surface area contributed by atoms with Gasteiger partial charge in [0.05, 0.1) is 0 Å². The summed E-state index contributed by atoms with van der Waals surface area (Å²) in [4.78, 5) is 24.2. The maximum absolute atomic E-state index is 12.3. The molecule has 1 N–H and O–H groups in total. The van der Waals surface area contributed by atoms with Crippen molar-refractivity contribution in [2.45, 2.75) is 78.0 Å². The third-order valence-corrected chi connectivity index (χ3v) is 3.09. The van der Waals surface area contributed by atoms with Crippen LogP contribution in [-0.2, 0) is 14.3 Å². The zero-order valence-corrected chi connectivity index (χ0v) is 13.6. The molecule has 0 spiro atoms. The van der Waals surface area contributed by atoms with Crippen molar-refractivity contribution in [3.05, 3.63) is 0 Å². The Labute approximate surface area is 121 Å². The van der Waals surface area contributed by atoms with Crippen molar-refractivity contribution in [2.24, 2.45) is 5.92 Å². The van der Waals surface area contributed by atoms with E-state index in [1.807, 2.05) is 27.7 Å². The lowest BCUT2D eigenvalue weighted by molar-refractivity contribution is -0.159. The van der Waals surface area contributed by atoms with E-state index >= 15 is 0 Å². The van der Waals surface area contributed by atoms with Crippen LogP contribution in [0, 0.1) is 5.92 Å². The summed E-state index contributed by atoms with van der Waals surface area (Å²) in [5.74, 6) is -0.257. The van der Waals surface area contributed by atoms with E-state index in [1.165, 1.54) is 0 Å². The highest BCUT2D eigenvalue weighted by Gasteiger charge is 2.62. The molecule has 0 unspecified atom stereocenters. The zero-order chi connectivity index (χ0) is 15.8. The first-order valence-electron chi connectivity index (χ1n) is 7.14. The predicted octanol–water partition coefficient (Wildman–Crippen LogP) is 3.02. The molecule has 0 radical (unpaired) electrons. The molecule has 5 nitrogen and oxygen atoms in total. The van der Waals surface area contributed by atoms with Crippen LogP contribution in [0.15, 0.2) is 0 Å². The largest absolute Gasteiger partial charge is 0.458 e. The summed E-state index contributed by atoms with van der Waals surface area (Å²) >= 11 is 0. The number of hydrogen-bond acceptors (Lipinski definition) is 4. The van der Waals surface area contributed by atoms with Crippen LogP contribution in [-0.4, -0.2) is 28.8 Å². The molecule has 1 saturated carbocycles. The van der Waals surface area contributed by atoms with Gasteiger partial charge in [0.2, 0.25) is 0 Å². The Bertz CT molecular complexity index is 392. The third kappa shape index (κ3) is 4.39. The molecule has 1 amide bonds. The molecule has 116 valence electrons. The van der Waals surface area contributed by atoms with Crippen LogP contribution in [0.3, 0.4) is 0 Å². The Morgan fingerprint density at radius 3 is 1.95 bits per heavy atom. The van der Waals surface area contributed by atoms with E-state index in [2.05, 4.69) is 5.32 Å². The molecule has 20 heavy (non-hydrogen) atoms. The molecule has 1 aliphatic carbocycles. The van der Waals surface area contributed by atoms with E-state index in [0.29, 0.717) is 6.42 Å². The van der Waals surface area contributed by atoms with Gasteiger partial charge in [0.1, 0.15) is 16.7 Å². The number of esters is 1. The zero-order valence-electron chi connectivity index (χ0n) is 13.6. The van der Waals surface area contributed by atoms with Gasteiger partial charge in [0, 0.05) is 0 Å². The van der Waals surface area contributed by atoms with Crippen LogP contribution in [0.2, 0.25) is 0 Å². The minimum Gasteiger partial charge on any atom is -0.458 e. The van der Waals surface area contributed by atoms with Crippen molar-refractivity contribution in [3.63, 3.8) is 0 Å². The minimum atomic E-state index is -0.912. The Hall–Kier alpha value is -1.26. The number of carbonyl (C=O) groups is 2. The van der Waals surface area contributed by atoms with Gasteiger partial charge in [-0.15, -0.1) is 0 Å². The third-order valence-electron chi connectivity index (χ3n) is 3.09. The van der Waals surface area contributed by atoms with E-state index in [1.54, 1.807) is 20.8 Å². The van der Waals surface area contributed by atoms with E-state index in [0.717, 1.165) is 6.42 Å². The number of nitrogens with one attached hydrogen (secondary N) is 1. The Morgan fingerprint density at radius 2 is 1.60 bits per heavy atom. The molecule has 0 aliphatic heterocycles. The Kier molecular flexibility index (Phi) is 4.42. The van der Waals surface area contributed by atoms with Gasteiger partial charge in [-0.1, -0.05) is 13.3 Å². The van der Waals surface area contributed by atoms with Gasteiger partial charge < -0.3 is 14.8 Å². The molecule has 1 rings (SSSR count). The van der Waals surface area contributed by atoms with E-state index in [-0.39, 0.29) is 11.9 Å². The van der Waals surface area contributed by atoms with Gasteiger partial charge in [-0.2, -0.15) is 0 Å². The fourth-order valence-electron chi connectivity index (χ4n) is 2.13. The monoisotopic (exact) mass is 285 g/mol. The van der Waals surface area contributed by atoms with E-state index in [9.17, 15) is 9.59 Å². The van der Waals surface area contributed by atoms with Crippen molar-refractivity contribution in [1.82, 2.24) is 5.32 Å². The Morgan fingerprint density at radius 1 is 1.10 bits per heavy atom. The summed E-state index contributed by atoms with van der Waals surface area (Å²) in [5, 5.41) is 2.71. The highest BCUT2D eigenvalue weighted by Crippen LogP contribution is 2.47. The number of hydrogen-bond donors (Lipinski definition) is 1. The molecule has 0 heterocycles. The molecule has 0 aromatic rings. The summed E-state index contributed by atoms with van der Waals surface area (Å²) in [5.41, 5.74) is -2.07. The maximum Gasteiger partial charge on any atom is 0.408 e. The number of rotatable bonds is 3. The number of ether oxygens (including phenoxy) is 2. The smallest absolute Gasteiger partial charge is 0.408 e. The highest BCUT2D eigenvalue weighted by atomic mass is 16.6. The molecule has 5 heteroatoms. The van der Waals surface area contributed by atoms with Crippen molar-refractivity contribution >= 4 is 12.1 Å². The first-order valence-corrected chi connectivity index (χ1v) is 7.14. The SMILES string of the molecule is CC[C@H]1C[C@]1(NC(=O)OC(C)(C)C)C(=O)OC(C)(C)C. The molecule has 0 aromatic heterocycles. The average molecular weight is 285 g/mol. The van der Waals surface area contributed by atoms with Crippen LogP contribution < -0.4 is 5.32 Å². The molecule has 1 fully saturated rings. The summed E-state index contributed by atoms with van der Waals surface area (Å²) < 4.78 is 10.6. The fraction of sp³-hybridized carbons (Fsp3) is 0.867. The summed E-state index contributed by atoms with van der Waals surface area (Å²) in [6, 6.07) is 0. The normalized spacial score (nSPS) is 25.9.